The summed E-state index contributed by atoms with van der Waals surface area (Å²) in [5, 5.41) is 12.0. The SMILES string of the molecule is C[C@@H](c1ccccc1)/[N+]([O-])=C/[C@H]1COC(C)(C)O1. The van der Waals surface area contributed by atoms with Crippen LogP contribution in [0.25, 0.3) is 0 Å². The lowest BCUT2D eigenvalue weighted by atomic mass is 10.1. The number of rotatable bonds is 3. The molecule has 0 saturated carbocycles. The lowest BCUT2D eigenvalue weighted by molar-refractivity contribution is -0.501. The zero-order chi connectivity index (χ0) is 13.2. The summed E-state index contributed by atoms with van der Waals surface area (Å²) in [5.74, 6) is -0.599. The van der Waals surface area contributed by atoms with E-state index in [1.54, 1.807) is 6.21 Å². The number of hydrogen-bond donors (Lipinski definition) is 0. The van der Waals surface area contributed by atoms with Crippen LogP contribution in [0.5, 0.6) is 0 Å². The molecule has 98 valence electrons. The monoisotopic (exact) mass is 249 g/mol. The summed E-state index contributed by atoms with van der Waals surface area (Å²) in [6, 6.07) is 9.46. The second-order valence-corrected chi connectivity index (χ2v) is 4.96. The first-order valence-corrected chi connectivity index (χ1v) is 6.15. The Balaban J connectivity index is 2.05. The Kier molecular flexibility index (Phi) is 3.68. The summed E-state index contributed by atoms with van der Waals surface area (Å²) in [5.41, 5.74) is 0.988. The van der Waals surface area contributed by atoms with Crippen molar-refractivity contribution in [1.82, 2.24) is 0 Å². The van der Waals surface area contributed by atoms with Gasteiger partial charge >= 0.3 is 0 Å². The Morgan fingerprint density at radius 3 is 2.61 bits per heavy atom. The quantitative estimate of drug-likeness (QED) is 0.358. The van der Waals surface area contributed by atoms with E-state index in [1.165, 1.54) is 0 Å². The van der Waals surface area contributed by atoms with Crippen molar-refractivity contribution >= 4 is 6.21 Å². The molecule has 4 nitrogen and oxygen atoms in total. The van der Waals surface area contributed by atoms with E-state index >= 15 is 0 Å². The van der Waals surface area contributed by atoms with Crippen LogP contribution in [0.15, 0.2) is 30.3 Å². The molecule has 0 N–H and O–H groups in total. The van der Waals surface area contributed by atoms with Gasteiger partial charge in [-0.1, -0.05) is 30.3 Å². The topological polar surface area (TPSA) is 44.5 Å². The Labute approximate surface area is 107 Å². The van der Waals surface area contributed by atoms with E-state index in [1.807, 2.05) is 51.1 Å². The molecule has 1 aromatic rings. The summed E-state index contributed by atoms with van der Waals surface area (Å²) in [4.78, 5) is 0. The van der Waals surface area contributed by atoms with Gasteiger partial charge in [0.2, 0.25) is 0 Å². The van der Waals surface area contributed by atoms with Gasteiger partial charge in [0, 0.05) is 12.5 Å². The first-order chi connectivity index (χ1) is 8.48. The van der Waals surface area contributed by atoms with Gasteiger partial charge in [-0.05, 0) is 13.8 Å². The van der Waals surface area contributed by atoms with Crippen molar-refractivity contribution in [2.45, 2.75) is 38.7 Å². The minimum Gasteiger partial charge on any atom is -0.624 e. The number of ether oxygens (including phenoxy) is 2. The molecule has 18 heavy (non-hydrogen) atoms. The molecule has 0 radical (unpaired) electrons. The van der Waals surface area contributed by atoms with Crippen LogP contribution in [-0.2, 0) is 9.47 Å². The van der Waals surface area contributed by atoms with Gasteiger partial charge in [-0.2, -0.15) is 0 Å². The number of hydrogen-bond acceptors (Lipinski definition) is 3. The summed E-state index contributed by atoms with van der Waals surface area (Å²) in [6.45, 7) is 5.99. The standard InChI is InChI=1S/C14H19NO3/c1-11(12-7-5-4-6-8-12)15(16)9-13-10-17-14(2,3)18-13/h4-9,11,13H,10H2,1-3H3/b15-9-/t11-,13-/m0/s1. The van der Waals surface area contributed by atoms with Gasteiger partial charge in [0.1, 0.15) is 0 Å². The molecule has 1 aliphatic heterocycles. The molecule has 4 heteroatoms. The highest BCUT2D eigenvalue weighted by atomic mass is 16.7. The van der Waals surface area contributed by atoms with Gasteiger partial charge in [0.15, 0.2) is 24.1 Å². The molecule has 2 rings (SSSR count). The minimum absolute atomic E-state index is 0.224. The second-order valence-electron chi connectivity index (χ2n) is 4.96. The maximum Gasteiger partial charge on any atom is 0.185 e. The van der Waals surface area contributed by atoms with E-state index < -0.39 is 5.79 Å². The number of benzene rings is 1. The van der Waals surface area contributed by atoms with Crippen molar-refractivity contribution in [2.24, 2.45) is 0 Å². The van der Waals surface area contributed by atoms with E-state index in [2.05, 4.69) is 0 Å². The molecule has 0 amide bonds. The van der Waals surface area contributed by atoms with E-state index in [0.717, 1.165) is 10.3 Å². The maximum atomic E-state index is 12.0. The Bertz CT molecular complexity index is 428. The third kappa shape index (κ3) is 3.09. The Morgan fingerprint density at radius 1 is 1.39 bits per heavy atom. The molecule has 1 heterocycles. The highest BCUT2D eigenvalue weighted by Gasteiger charge is 2.33. The van der Waals surface area contributed by atoms with Crippen LogP contribution in [-0.4, -0.2) is 29.5 Å². The molecule has 1 aliphatic rings. The van der Waals surface area contributed by atoms with Gasteiger partial charge < -0.3 is 14.7 Å². The molecule has 0 aliphatic carbocycles. The van der Waals surface area contributed by atoms with Gasteiger partial charge in [-0.25, -0.2) is 4.74 Å². The molecule has 0 unspecified atom stereocenters. The fourth-order valence-corrected chi connectivity index (χ4v) is 1.96. The fraction of sp³-hybridized carbons (Fsp3) is 0.500. The smallest absolute Gasteiger partial charge is 0.185 e. The number of hydroxylamine groups is 1. The van der Waals surface area contributed by atoms with Gasteiger partial charge in [0.25, 0.3) is 0 Å². The van der Waals surface area contributed by atoms with Gasteiger partial charge in [0.05, 0.1) is 6.61 Å². The average Bonchev–Trinajstić information content (AvgIpc) is 2.68. The maximum absolute atomic E-state index is 12.0. The van der Waals surface area contributed by atoms with Crippen LogP contribution in [0.1, 0.15) is 32.4 Å². The zero-order valence-corrected chi connectivity index (χ0v) is 11.0. The van der Waals surface area contributed by atoms with Crippen molar-refractivity contribution in [1.29, 1.82) is 0 Å². The summed E-state index contributed by atoms with van der Waals surface area (Å²) >= 11 is 0. The van der Waals surface area contributed by atoms with Crippen LogP contribution in [0.2, 0.25) is 0 Å². The van der Waals surface area contributed by atoms with E-state index in [4.69, 9.17) is 9.47 Å². The molecule has 2 atom stereocenters. The van der Waals surface area contributed by atoms with Crippen LogP contribution in [0.3, 0.4) is 0 Å². The third-order valence-corrected chi connectivity index (χ3v) is 3.01. The van der Waals surface area contributed by atoms with Crippen molar-refractivity contribution < 1.29 is 14.2 Å². The first kappa shape index (κ1) is 13.1. The summed E-state index contributed by atoms with van der Waals surface area (Å²) in [6.07, 6.45) is 1.27. The zero-order valence-electron chi connectivity index (χ0n) is 11.0. The largest absolute Gasteiger partial charge is 0.624 e. The summed E-state index contributed by atoms with van der Waals surface area (Å²) < 4.78 is 11.9. The predicted molar refractivity (Wildman–Crippen MR) is 69.5 cm³/mol. The third-order valence-electron chi connectivity index (χ3n) is 3.01. The van der Waals surface area contributed by atoms with E-state index in [-0.39, 0.29) is 12.1 Å². The molecule has 0 aromatic heterocycles. The predicted octanol–water partition coefficient (Wildman–Crippen LogP) is 2.48. The molecular weight excluding hydrogens is 230 g/mol. The molecule has 1 fully saturated rings. The van der Waals surface area contributed by atoms with Gasteiger partial charge in [-0.15, -0.1) is 0 Å². The Morgan fingerprint density at radius 2 is 2.06 bits per heavy atom. The molecule has 1 aromatic carbocycles. The fourth-order valence-electron chi connectivity index (χ4n) is 1.96. The Hall–Kier alpha value is -1.39. The molecule has 0 spiro atoms. The van der Waals surface area contributed by atoms with Crippen molar-refractivity contribution in [2.75, 3.05) is 6.61 Å². The van der Waals surface area contributed by atoms with E-state index in [9.17, 15) is 5.21 Å². The van der Waals surface area contributed by atoms with Gasteiger partial charge in [-0.3, -0.25) is 0 Å². The van der Waals surface area contributed by atoms with E-state index in [0.29, 0.717) is 6.61 Å². The van der Waals surface area contributed by atoms with Crippen LogP contribution >= 0.6 is 0 Å². The van der Waals surface area contributed by atoms with Crippen LogP contribution in [0, 0.1) is 5.21 Å². The normalized spacial score (nSPS) is 25.1. The minimum atomic E-state index is -0.599. The lowest BCUT2D eigenvalue weighted by Gasteiger charge is -2.16. The highest BCUT2D eigenvalue weighted by molar-refractivity contribution is 5.58. The first-order valence-electron chi connectivity index (χ1n) is 6.15. The van der Waals surface area contributed by atoms with Crippen molar-refractivity contribution in [3.63, 3.8) is 0 Å². The summed E-state index contributed by atoms with van der Waals surface area (Å²) in [7, 11) is 0. The molecule has 1 saturated heterocycles. The highest BCUT2D eigenvalue weighted by Crippen LogP contribution is 2.22. The van der Waals surface area contributed by atoms with Crippen molar-refractivity contribution in [3.05, 3.63) is 41.1 Å². The average molecular weight is 249 g/mol. The lowest BCUT2D eigenvalue weighted by Crippen LogP contribution is -2.25. The molecule has 0 bridgehead atoms. The second kappa shape index (κ2) is 5.08. The number of nitrogens with zero attached hydrogens (tertiary/aromatic N) is 1. The van der Waals surface area contributed by atoms with Crippen LogP contribution in [0.4, 0.5) is 0 Å². The van der Waals surface area contributed by atoms with Crippen molar-refractivity contribution in [3.8, 4) is 0 Å². The van der Waals surface area contributed by atoms with Crippen LogP contribution < -0.4 is 0 Å². The molecular formula is C14H19NO3.